The minimum atomic E-state index is -0.267. The second kappa shape index (κ2) is 7.51. The quantitative estimate of drug-likeness (QED) is 0.778. The van der Waals surface area contributed by atoms with E-state index >= 15 is 0 Å². The fourth-order valence-electron chi connectivity index (χ4n) is 3.38. The van der Waals surface area contributed by atoms with E-state index in [0.29, 0.717) is 49.8 Å². The molecule has 2 amide bonds. The summed E-state index contributed by atoms with van der Waals surface area (Å²) in [6.45, 7) is 1.93. The molecule has 3 heterocycles. The van der Waals surface area contributed by atoms with E-state index in [1.54, 1.807) is 4.90 Å². The number of H-pyrrole nitrogens is 1. The molecule has 2 N–H and O–H groups in total. The Labute approximate surface area is 162 Å². The van der Waals surface area contributed by atoms with Crippen LogP contribution < -0.4 is 14.8 Å². The third-order valence-corrected chi connectivity index (χ3v) is 4.84. The molecule has 0 spiro atoms. The topological polar surface area (TPSA) is 99.8 Å². The molecule has 0 aliphatic carbocycles. The van der Waals surface area contributed by atoms with Crippen molar-refractivity contribution in [1.82, 2.24) is 25.3 Å². The molecule has 2 aliphatic rings. The van der Waals surface area contributed by atoms with E-state index in [2.05, 4.69) is 15.5 Å². The van der Waals surface area contributed by atoms with Crippen LogP contribution in [0.15, 0.2) is 18.2 Å². The largest absolute Gasteiger partial charge is 0.454 e. The van der Waals surface area contributed by atoms with Crippen LogP contribution in [0.25, 0.3) is 0 Å². The minimum Gasteiger partial charge on any atom is -0.454 e. The maximum atomic E-state index is 12.7. The molecule has 1 aromatic carbocycles. The van der Waals surface area contributed by atoms with Crippen molar-refractivity contribution in [2.45, 2.75) is 19.5 Å². The number of rotatable bonds is 5. The van der Waals surface area contributed by atoms with Crippen molar-refractivity contribution in [2.24, 2.45) is 0 Å². The molecule has 0 unspecified atom stereocenters. The van der Waals surface area contributed by atoms with E-state index in [1.807, 2.05) is 37.2 Å². The lowest BCUT2D eigenvalue weighted by molar-refractivity contribution is -0.132. The number of carbonyl (C=O) groups is 2. The maximum Gasteiger partial charge on any atom is 0.272 e. The van der Waals surface area contributed by atoms with Gasteiger partial charge in [-0.3, -0.25) is 14.7 Å². The van der Waals surface area contributed by atoms with Gasteiger partial charge >= 0.3 is 0 Å². The molecule has 9 heteroatoms. The summed E-state index contributed by atoms with van der Waals surface area (Å²) in [4.78, 5) is 28.6. The number of benzene rings is 1. The third-order valence-electron chi connectivity index (χ3n) is 4.84. The molecule has 0 radical (unpaired) electrons. The van der Waals surface area contributed by atoms with Crippen LogP contribution in [0.5, 0.6) is 11.5 Å². The van der Waals surface area contributed by atoms with E-state index in [-0.39, 0.29) is 18.6 Å². The molecule has 4 rings (SSSR count). The number of hydrogen-bond acceptors (Lipinski definition) is 6. The second-order valence-corrected chi connectivity index (χ2v) is 7.20. The van der Waals surface area contributed by atoms with Crippen LogP contribution in [0.3, 0.4) is 0 Å². The Morgan fingerprint density at radius 2 is 2.11 bits per heavy atom. The lowest BCUT2D eigenvalue weighted by Crippen LogP contribution is -2.41. The van der Waals surface area contributed by atoms with Gasteiger partial charge < -0.3 is 24.6 Å². The van der Waals surface area contributed by atoms with Gasteiger partial charge in [-0.25, -0.2) is 0 Å². The number of aromatic nitrogens is 2. The summed E-state index contributed by atoms with van der Waals surface area (Å²) in [7, 11) is 3.72. The highest BCUT2D eigenvalue weighted by Gasteiger charge is 2.27. The Morgan fingerprint density at radius 3 is 2.93 bits per heavy atom. The Kier molecular flexibility index (Phi) is 4.91. The Morgan fingerprint density at radius 1 is 1.29 bits per heavy atom. The first kappa shape index (κ1) is 18.3. The van der Waals surface area contributed by atoms with Crippen molar-refractivity contribution in [3.05, 3.63) is 40.7 Å². The Balaban J connectivity index is 1.42. The van der Waals surface area contributed by atoms with Crippen LogP contribution in [-0.2, 0) is 24.3 Å². The normalized spacial score (nSPS) is 14.9. The van der Waals surface area contributed by atoms with E-state index in [9.17, 15) is 9.59 Å². The summed E-state index contributed by atoms with van der Waals surface area (Å²) in [5.41, 5.74) is 2.96. The van der Waals surface area contributed by atoms with Crippen LogP contribution in [0.2, 0.25) is 0 Å². The summed E-state index contributed by atoms with van der Waals surface area (Å²) < 4.78 is 10.7. The number of fused-ring (bicyclic) bond motifs is 2. The number of carbonyl (C=O) groups excluding carboxylic acids is 2. The zero-order valence-corrected chi connectivity index (χ0v) is 15.9. The van der Waals surface area contributed by atoms with Crippen LogP contribution >= 0.6 is 0 Å². The fourth-order valence-corrected chi connectivity index (χ4v) is 3.38. The smallest absolute Gasteiger partial charge is 0.272 e. The first-order valence-electron chi connectivity index (χ1n) is 9.16. The standard InChI is InChI=1S/C19H23N5O4/c1-23(2)10-17(25)24-6-5-14-13(9-24)18(22-21-14)19(26)20-8-12-3-4-15-16(7-12)28-11-27-15/h3-4,7H,5-6,8-11H2,1-2H3,(H,20,26)(H,21,22). The van der Waals surface area contributed by atoms with Gasteiger partial charge in [0.15, 0.2) is 17.2 Å². The molecular formula is C19H23N5O4. The first-order chi connectivity index (χ1) is 13.5. The van der Waals surface area contributed by atoms with Gasteiger partial charge in [0.2, 0.25) is 12.7 Å². The van der Waals surface area contributed by atoms with E-state index < -0.39 is 0 Å². The Hall–Kier alpha value is -3.07. The lowest BCUT2D eigenvalue weighted by atomic mass is 10.0. The number of aromatic amines is 1. The zero-order valence-electron chi connectivity index (χ0n) is 15.9. The molecule has 0 atom stereocenters. The predicted molar refractivity (Wildman–Crippen MR) is 100.0 cm³/mol. The molecule has 0 saturated carbocycles. The molecule has 0 fully saturated rings. The molecule has 0 saturated heterocycles. The van der Waals surface area contributed by atoms with Crippen LogP contribution in [-0.4, -0.2) is 65.8 Å². The van der Waals surface area contributed by atoms with Crippen molar-refractivity contribution >= 4 is 11.8 Å². The van der Waals surface area contributed by atoms with Gasteiger partial charge in [0.25, 0.3) is 5.91 Å². The first-order valence-corrected chi connectivity index (χ1v) is 9.16. The number of nitrogens with one attached hydrogen (secondary N) is 2. The summed E-state index contributed by atoms with van der Waals surface area (Å²) in [6.07, 6.45) is 0.664. The van der Waals surface area contributed by atoms with E-state index in [0.717, 1.165) is 16.8 Å². The molecule has 0 bridgehead atoms. The van der Waals surface area contributed by atoms with Gasteiger partial charge in [-0.1, -0.05) is 6.07 Å². The molecule has 2 aromatic rings. The highest BCUT2D eigenvalue weighted by Crippen LogP contribution is 2.32. The van der Waals surface area contributed by atoms with E-state index in [4.69, 9.17) is 9.47 Å². The van der Waals surface area contributed by atoms with Gasteiger partial charge in [-0.05, 0) is 31.8 Å². The molecule has 9 nitrogen and oxygen atoms in total. The van der Waals surface area contributed by atoms with Crippen molar-refractivity contribution in [2.75, 3.05) is 34.0 Å². The maximum absolute atomic E-state index is 12.7. The van der Waals surface area contributed by atoms with Crippen molar-refractivity contribution < 1.29 is 19.1 Å². The zero-order chi connectivity index (χ0) is 19.7. The average Bonchev–Trinajstić information content (AvgIpc) is 3.31. The summed E-state index contributed by atoms with van der Waals surface area (Å²) in [6, 6.07) is 5.56. The van der Waals surface area contributed by atoms with E-state index in [1.165, 1.54) is 0 Å². The number of likely N-dealkylation sites (N-methyl/N-ethyl adjacent to an activating group) is 1. The number of nitrogens with zero attached hydrogens (tertiary/aromatic N) is 3. The monoisotopic (exact) mass is 385 g/mol. The predicted octanol–water partition coefficient (Wildman–Crippen LogP) is 0.515. The molecule has 1 aromatic heterocycles. The molecular weight excluding hydrogens is 362 g/mol. The van der Waals surface area contributed by atoms with Gasteiger partial charge in [-0.15, -0.1) is 0 Å². The number of ether oxygens (including phenoxy) is 2. The Bertz CT molecular complexity index is 908. The fraction of sp³-hybridized carbons (Fsp3) is 0.421. The van der Waals surface area contributed by atoms with Crippen molar-refractivity contribution in [3.63, 3.8) is 0 Å². The van der Waals surface area contributed by atoms with Crippen molar-refractivity contribution in [1.29, 1.82) is 0 Å². The molecule has 148 valence electrons. The van der Waals surface area contributed by atoms with Gasteiger partial charge in [-0.2, -0.15) is 5.10 Å². The number of amides is 2. The van der Waals surface area contributed by atoms with Crippen LogP contribution in [0.4, 0.5) is 0 Å². The third kappa shape index (κ3) is 3.65. The average molecular weight is 385 g/mol. The summed E-state index contributed by atoms with van der Waals surface area (Å²) in [5.74, 6) is 1.17. The highest BCUT2D eigenvalue weighted by molar-refractivity contribution is 5.94. The van der Waals surface area contributed by atoms with Gasteiger partial charge in [0.05, 0.1) is 6.54 Å². The number of hydrogen-bond donors (Lipinski definition) is 2. The van der Waals surface area contributed by atoms with Crippen LogP contribution in [0, 0.1) is 0 Å². The van der Waals surface area contributed by atoms with Gasteiger partial charge in [0.1, 0.15) is 0 Å². The molecule has 28 heavy (non-hydrogen) atoms. The van der Waals surface area contributed by atoms with Crippen LogP contribution in [0.1, 0.15) is 27.3 Å². The second-order valence-electron chi connectivity index (χ2n) is 7.20. The van der Waals surface area contributed by atoms with Gasteiger partial charge in [0, 0.05) is 37.3 Å². The summed E-state index contributed by atoms with van der Waals surface area (Å²) >= 11 is 0. The van der Waals surface area contributed by atoms with Crippen molar-refractivity contribution in [3.8, 4) is 11.5 Å². The SMILES string of the molecule is CN(C)CC(=O)N1CCc2[nH]nc(C(=O)NCc3ccc4c(c3)OCO4)c2C1. The minimum absolute atomic E-state index is 0.0450. The lowest BCUT2D eigenvalue weighted by Gasteiger charge is -2.28. The molecule has 2 aliphatic heterocycles. The summed E-state index contributed by atoms with van der Waals surface area (Å²) in [5, 5.41) is 10.0. The highest BCUT2D eigenvalue weighted by atomic mass is 16.7.